The lowest BCUT2D eigenvalue weighted by Gasteiger charge is -2.40. The first-order valence-corrected chi connectivity index (χ1v) is 9.86. The molecule has 0 saturated carbocycles. The maximum atomic E-state index is 9.40. The van der Waals surface area contributed by atoms with Crippen LogP contribution in [-0.4, -0.2) is 48.3 Å². The third-order valence-electron chi connectivity index (χ3n) is 6.04. The summed E-state index contributed by atoms with van der Waals surface area (Å²) in [5.74, 6) is 1.93. The first-order valence-electron chi connectivity index (χ1n) is 9.86. The van der Waals surface area contributed by atoms with Gasteiger partial charge in [0.2, 0.25) is 0 Å². The minimum absolute atomic E-state index is 0.0722. The molecule has 2 aromatic rings. The van der Waals surface area contributed by atoms with Crippen LogP contribution in [-0.2, 0) is 13.2 Å². The van der Waals surface area contributed by atoms with Crippen LogP contribution in [0, 0.1) is 5.41 Å². The zero-order valence-corrected chi connectivity index (χ0v) is 16.1. The zero-order chi connectivity index (χ0) is 18.7. The van der Waals surface area contributed by atoms with Crippen LogP contribution in [0.15, 0.2) is 42.6 Å². The number of rotatable bonds is 5. The number of ether oxygens (including phenoxy) is 1. The number of methoxy groups -OCH3 is 1. The van der Waals surface area contributed by atoms with Crippen molar-refractivity contribution < 1.29 is 9.84 Å². The maximum absolute atomic E-state index is 9.40. The van der Waals surface area contributed by atoms with E-state index in [1.807, 2.05) is 24.4 Å². The van der Waals surface area contributed by atoms with Crippen LogP contribution in [0.4, 0.5) is 5.82 Å². The summed E-state index contributed by atoms with van der Waals surface area (Å²) >= 11 is 0. The molecule has 2 saturated heterocycles. The van der Waals surface area contributed by atoms with Crippen LogP contribution in [0.3, 0.4) is 0 Å². The number of anilines is 1. The molecule has 2 aliphatic rings. The Kier molecular flexibility index (Phi) is 5.32. The van der Waals surface area contributed by atoms with Crippen LogP contribution < -0.4 is 9.64 Å². The predicted molar refractivity (Wildman–Crippen MR) is 107 cm³/mol. The highest BCUT2D eigenvalue weighted by molar-refractivity contribution is 5.42. The lowest BCUT2D eigenvalue weighted by Crippen LogP contribution is -2.44. The molecule has 144 valence electrons. The van der Waals surface area contributed by atoms with Gasteiger partial charge < -0.3 is 14.7 Å². The van der Waals surface area contributed by atoms with E-state index in [0.717, 1.165) is 49.9 Å². The van der Waals surface area contributed by atoms with Crippen molar-refractivity contribution in [2.24, 2.45) is 5.41 Å². The molecule has 0 bridgehead atoms. The van der Waals surface area contributed by atoms with Crippen molar-refractivity contribution in [3.8, 4) is 5.75 Å². The Morgan fingerprint density at radius 3 is 2.89 bits per heavy atom. The van der Waals surface area contributed by atoms with Crippen LogP contribution in [0.1, 0.15) is 30.4 Å². The van der Waals surface area contributed by atoms with E-state index < -0.39 is 0 Å². The summed E-state index contributed by atoms with van der Waals surface area (Å²) < 4.78 is 5.37. The van der Waals surface area contributed by atoms with Crippen LogP contribution >= 0.6 is 0 Å². The van der Waals surface area contributed by atoms with Crippen molar-refractivity contribution >= 4 is 5.82 Å². The highest BCUT2D eigenvalue weighted by atomic mass is 16.5. The van der Waals surface area contributed by atoms with Crippen molar-refractivity contribution in [2.45, 2.75) is 32.4 Å². The van der Waals surface area contributed by atoms with Gasteiger partial charge in [0.15, 0.2) is 0 Å². The van der Waals surface area contributed by atoms with Crippen LogP contribution in [0.5, 0.6) is 5.75 Å². The first-order chi connectivity index (χ1) is 13.2. The minimum atomic E-state index is 0.0722. The van der Waals surface area contributed by atoms with E-state index in [-0.39, 0.29) is 6.61 Å². The second-order valence-electron chi connectivity index (χ2n) is 8.02. The molecule has 0 aliphatic carbocycles. The average Bonchev–Trinajstić information content (AvgIpc) is 3.11. The average molecular weight is 367 g/mol. The van der Waals surface area contributed by atoms with Gasteiger partial charge in [-0.1, -0.05) is 12.1 Å². The Morgan fingerprint density at radius 2 is 2.04 bits per heavy atom. The largest absolute Gasteiger partial charge is 0.497 e. The van der Waals surface area contributed by atoms with Crippen molar-refractivity contribution in [3.05, 3.63) is 53.7 Å². The molecule has 2 aliphatic heterocycles. The quantitative estimate of drug-likeness (QED) is 0.880. The van der Waals surface area contributed by atoms with Gasteiger partial charge >= 0.3 is 0 Å². The molecular weight excluding hydrogens is 338 g/mol. The normalized spacial score (nSPS) is 23.1. The summed E-state index contributed by atoms with van der Waals surface area (Å²) in [5.41, 5.74) is 2.61. The Hall–Kier alpha value is -2.11. The van der Waals surface area contributed by atoms with E-state index in [4.69, 9.17) is 4.74 Å². The smallest absolute Gasteiger partial charge is 0.128 e. The molecule has 0 radical (unpaired) electrons. The van der Waals surface area contributed by atoms with Gasteiger partial charge in [0.1, 0.15) is 11.6 Å². The third-order valence-corrected chi connectivity index (χ3v) is 6.04. The summed E-state index contributed by atoms with van der Waals surface area (Å²) in [6, 6.07) is 12.3. The van der Waals surface area contributed by atoms with Crippen molar-refractivity contribution in [1.29, 1.82) is 0 Å². The van der Waals surface area contributed by atoms with E-state index >= 15 is 0 Å². The molecule has 0 amide bonds. The highest BCUT2D eigenvalue weighted by Gasteiger charge is 2.41. The fraction of sp³-hybridized carbons (Fsp3) is 0.500. The fourth-order valence-corrected chi connectivity index (χ4v) is 4.67. The molecule has 2 fully saturated rings. The number of aromatic nitrogens is 1. The monoisotopic (exact) mass is 367 g/mol. The predicted octanol–water partition coefficient (Wildman–Crippen LogP) is 3.08. The van der Waals surface area contributed by atoms with Gasteiger partial charge in [0, 0.05) is 37.8 Å². The van der Waals surface area contributed by atoms with Gasteiger partial charge in [-0.15, -0.1) is 0 Å². The van der Waals surface area contributed by atoms with Gasteiger partial charge in [0.05, 0.1) is 13.7 Å². The summed E-state index contributed by atoms with van der Waals surface area (Å²) in [7, 11) is 1.72. The molecule has 3 heterocycles. The number of piperidine rings is 1. The van der Waals surface area contributed by atoms with Gasteiger partial charge in [0.25, 0.3) is 0 Å². The summed E-state index contributed by atoms with van der Waals surface area (Å²) in [4.78, 5) is 9.53. The van der Waals surface area contributed by atoms with Gasteiger partial charge in [-0.3, -0.25) is 4.90 Å². The standard InChI is InChI=1S/C22H29N3O2/c1-27-20-5-2-4-18(12-20)14-24-10-3-7-22(16-24)8-11-25(17-22)21-13-19(15-26)6-9-23-21/h2,4-6,9,12-13,26H,3,7-8,10-11,14-17H2,1H3/t22-/m1/s1. The van der Waals surface area contributed by atoms with Crippen molar-refractivity contribution in [2.75, 3.05) is 38.2 Å². The van der Waals surface area contributed by atoms with Gasteiger partial charge in [-0.05, 0) is 61.2 Å². The SMILES string of the molecule is COc1cccc(CN2CCC[C@@]3(CCN(c4cc(CO)ccn4)C3)C2)c1. The molecule has 1 aromatic carbocycles. The fourth-order valence-electron chi connectivity index (χ4n) is 4.67. The zero-order valence-electron chi connectivity index (χ0n) is 16.1. The summed E-state index contributed by atoms with van der Waals surface area (Å²) in [6.45, 7) is 5.47. The lowest BCUT2D eigenvalue weighted by atomic mass is 9.79. The molecule has 1 spiro atoms. The van der Waals surface area contributed by atoms with Crippen LogP contribution in [0.2, 0.25) is 0 Å². The Morgan fingerprint density at radius 1 is 1.11 bits per heavy atom. The molecule has 27 heavy (non-hydrogen) atoms. The number of benzene rings is 1. The molecular formula is C22H29N3O2. The summed E-state index contributed by atoms with van der Waals surface area (Å²) in [5, 5.41) is 9.40. The van der Waals surface area contributed by atoms with Crippen LogP contribution in [0.25, 0.3) is 0 Å². The van der Waals surface area contributed by atoms with Gasteiger partial charge in [-0.2, -0.15) is 0 Å². The molecule has 1 N–H and O–H groups in total. The second kappa shape index (κ2) is 7.87. The lowest BCUT2D eigenvalue weighted by molar-refractivity contribution is 0.0991. The highest BCUT2D eigenvalue weighted by Crippen LogP contribution is 2.40. The third kappa shape index (κ3) is 4.09. The Balaban J connectivity index is 1.43. The summed E-state index contributed by atoms with van der Waals surface area (Å²) in [6.07, 6.45) is 5.56. The van der Waals surface area contributed by atoms with E-state index in [0.29, 0.717) is 5.41 Å². The number of hydrogen-bond donors (Lipinski definition) is 1. The van der Waals surface area contributed by atoms with E-state index in [1.165, 1.54) is 24.8 Å². The second-order valence-corrected chi connectivity index (χ2v) is 8.02. The van der Waals surface area contributed by atoms with Gasteiger partial charge in [-0.25, -0.2) is 4.98 Å². The van der Waals surface area contributed by atoms with Crippen molar-refractivity contribution in [3.63, 3.8) is 0 Å². The number of hydrogen-bond acceptors (Lipinski definition) is 5. The maximum Gasteiger partial charge on any atom is 0.128 e. The molecule has 4 rings (SSSR count). The minimum Gasteiger partial charge on any atom is -0.497 e. The number of pyridine rings is 1. The number of aliphatic hydroxyl groups is 1. The van der Waals surface area contributed by atoms with E-state index in [2.05, 4.69) is 33.0 Å². The molecule has 1 atom stereocenters. The van der Waals surface area contributed by atoms with E-state index in [9.17, 15) is 5.11 Å². The Labute approximate surface area is 161 Å². The number of aliphatic hydroxyl groups excluding tert-OH is 1. The van der Waals surface area contributed by atoms with E-state index in [1.54, 1.807) is 7.11 Å². The molecule has 1 aromatic heterocycles. The number of nitrogens with zero attached hydrogens (tertiary/aromatic N) is 3. The topological polar surface area (TPSA) is 48.8 Å². The Bertz CT molecular complexity index is 782. The molecule has 5 heteroatoms. The first kappa shape index (κ1) is 18.3. The molecule has 0 unspecified atom stereocenters. The molecule has 5 nitrogen and oxygen atoms in total. The van der Waals surface area contributed by atoms with Crippen molar-refractivity contribution in [1.82, 2.24) is 9.88 Å². The number of likely N-dealkylation sites (tertiary alicyclic amines) is 1.